The molecule has 0 radical (unpaired) electrons. The van der Waals surface area contributed by atoms with Crippen LogP contribution in [0.25, 0.3) is 0 Å². The average Bonchev–Trinajstić information content (AvgIpc) is 2.72. The van der Waals surface area contributed by atoms with E-state index in [0.717, 1.165) is 36.0 Å². The fourth-order valence-corrected chi connectivity index (χ4v) is 5.61. The minimum absolute atomic E-state index is 0.0195. The van der Waals surface area contributed by atoms with Gasteiger partial charge < -0.3 is 5.32 Å². The molecule has 1 aromatic heterocycles. The number of nitrogens with zero attached hydrogens (tertiary/aromatic N) is 1. The zero-order valence-corrected chi connectivity index (χ0v) is 17.1. The SMILES string of the molecule is NS(=O)(=O)c1cccc2c1C(=O)C=C(Nc1cnccc1C1CCSCC1)C2=O. The fourth-order valence-electron chi connectivity index (χ4n) is 3.74. The van der Waals surface area contributed by atoms with Crippen LogP contribution in [0.4, 0.5) is 5.69 Å². The number of fused-ring (bicyclic) bond motifs is 1. The summed E-state index contributed by atoms with van der Waals surface area (Å²) < 4.78 is 23.6. The van der Waals surface area contributed by atoms with E-state index in [1.54, 1.807) is 12.4 Å². The number of ketones is 2. The molecule has 1 fully saturated rings. The number of carbonyl (C=O) groups is 2. The van der Waals surface area contributed by atoms with Crippen molar-refractivity contribution in [2.45, 2.75) is 23.7 Å². The summed E-state index contributed by atoms with van der Waals surface area (Å²) in [5, 5.41) is 8.28. The van der Waals surface area contributed by atoms with E-state index in [9.17, 15) is 18.0 Å². The van der Waals surface area contributed by atoms with Gasteiger partial charge in [0.05, 0.1) is 28.0 Å². The number of benzene rings is 1. The fraction of sp³-hybridized carbons (Fsp3) is 0.250. The highest BCUT2D eigenvalue weighted by Gasteiger charge is 2.31. The Morgan fingerprint density at radius 2 is 1.90 bits per heavy atom. The Morgan fingerprint density at radius 3 is 2.62 bits per heavy atom. The Morgan fingerprint density at radius 1 is 1.14 bits per heavy atom. The summed E-state index contributed by atoms with van der Waals surface area (Å²) in [6, 6.07) is 6.00. The van der Waals surface area contributed by atoms with E-state index in [-0.39, 0.29) is 21.7 Å². The summed E-state index contributed by atoms with van der Waals surface area (Å²) in [6.07, 6.45) is 6.57. The highest BCUT2D eigenvalue weighted by atomic mass is 32.2. The predicted octanol–water partition coefficient (Wildman–Crippen LogP) is 2.71. The van der Waals surface area contributed by atoms with E-state index in [2.05, 4.69) is 10.3 Å². The topological polar surface area (TPSA) is 119 Å². The van der Waals surface area contributed by atoms with Gasteiger partial charge in [-0.15, -0.1) is 0 Å². The van der Waals surface area contributed by atoms with Gasteiger partial charge in [0.1, 0.15) is 0 Å². The summed E-state index contributed by atoms with van der Waals surface area (Å²) in [5.74, 6) is 1.48. The Balaban J connectivity index is 1.70. The number of nitrogens with one attached hydrogen (secondary N) is 1. The normalized spacial score (nSPS) is 17.6. The largest absolute Gasteiger partial charge is 0.351 e. The first-order valence-electron chi connectivity index (χ1n) is 9.11. The van der Waals surface area contributed by atoms with Crippen molar-refractivity contribution in [3.63, 3.8) is 0 Å². The van der Waals surface area contributed by atoms with Crippen LogP contribution in [-0.2, 0) is 10.0 Å². The van der Waals surface area contributed by atoms with Gasteiger partial charge in [0.2, 0.25) is 15.8 Å². The number of anilines is 1. The molecule has 2 heterocycles. The van der Waals surface area contributed by atoms with Gasteiger partial charge in [-0.25, -0.2) is 13.6 Å². The van der Waals surface area contributed by atoms with Crippen molar-refractivity contribution in [1.29, 1.82) is 0 Å². The first kappa shape index (κ1) is 19.8. The van der Waals surface area contributed by atoms with Crippen LogP contribution in [0.1, 0.15) is 45.0 Å². The minimum atomic E-state index is -4.13. The molecule has 1 aliphatic heterocycles. The van der Waals surface area contributed by atoms with Crippen LogP contribution in [0, 0.1) is 0 Å². The monoisotopic (exact) mass is 429 g/mol. The van der Waals surface area contributed by atoms with Gasteiger partial charge in [0.15, 0.2) is 5.78 Å². The highest BCUT2D eigenvalue weighted by molar-refractivity contribution is 7.99. The van der Waals surface area contributed by atoms with Crippen molar-refractivity contribution < 1.29 is 18.0 Å². The van der Waals surface area contributed by atoms with Crippen molar-refractivity contribution >= 4 is 39.0 Å². The van der Waals surface area contributed by atoms with Crippen molar-refractivity contribution in [3.8, 4) is 0 Å². The second-order valence-electron chi connectivity index (χ2n) is 6.95. The Labute approximate surface area is 172 Å². The molecule has 0 saturated carbocycles. The number of primary sulfonamides is 1. The third kappa shape index (κ3) is 3.85. The number of allylic oxidation sites excluding steroid dienone is 2. The maximum atomic E-state index is 13.0. The minimum Gasteiger partial charge on any atom is -0.351 e. The lowest BCUT2D eigenvalue weighted by atomic mass is 9.91. The summed E-state index contributed by atoms with van der Waals surface area (Å²) in [6.45, 7) is 0. The van der Waals surface area contributed by atoms with E-state index in [1.807, 2.05) is 17.8 Å². The van der Waals surface area contributed by atoms with Crippen LogP contribution in [0.5, 0.6) is 0 Å². The molecule has 4 rings (SSSR count). The van der Waals surface area contributed by atoms with Gasteiger partial charge >= 0.3 is 0 Å². The number of pyridine rings is 1. The van der Waals surface area contributed by atoms with Crippen LogP contribution < -0.4 is 10.5 Å². The molecule has 0 unspecified atom stereocenters. The van der Waals surface area contributed by atoms with Gasteiger partial charge in [-0.1, -0.05) is 12.1 Å². The van der Waals surface area contributed by atoms with Crippen LogP contribution in [-0.4, -0.2) is 36.5 Å². The summed E-state index contributed by atoms with van der Waals surface area (Å²) in [4.78, 5) is 29.5. The van der Waals surface area contributed by atoms with Crippen molar-refractivity contribution in [2.24, 2.45) is 5.14 Å². The molecule has 0 amide bonds. The Bertz CT molecular complexity index is 1140. The summed E-state index contributed by atoms with van der Waals surface area (Å²) in [7, 11) is -4.13. The third-order valence-electron chi connectivity index (χ3n) is 5.13. The highest BCUT2D eigenvalue weighted by Crippen LogP contribution is 2.36. The molecule has 1 aromatic carbocycles. The lowest BCUT2D eigenvalue weighted by Gasteiger charge is -2.25. The number of hydrogen-bond acceptors (Lipinski definition) is 7. The molecule has 1 saturated heterocycles. The molecule has 29 heavy (non-hydrogen) atoms. The summed E-state index contributed by atoms with van der Waals surface area (Å²) >= 11 is 1.93. The smallest absolute Gasteiger partial charge is 0.238 e. The number of rotatable bonds is 4. The molecule has 9 heteroatoms. The van der Waals surface area contributed by atoms with E-state index in [1.165, 1.54) is 18.2 Å². The number of nitrogens with two attached hydrogens (primary N) is 1. The molecule has 0 atom stereocenters. The quantitative estimate of drug-likeness (QED) is 0.767. The molecule has 0 bridgehead atoms. The number of Topliss-reactive ketones (excluding diaryl/α,β-unsaturated/α-hetero) is 1. The van der Waals surface area contributed by atoms with E-state index >= 15 is 0 Å². The Hall–Kier alpha value is -2.49. The second kappa shape index (κ2) is 7.74. The molecule has 2 aromatic rings. The molecule has 150 valence electrons. The number of carbonyl (C=O) groups excluding carboxylic acids is 2. The van der Waals surface area contributed by atoms with E-state index in [4.69, 9.17) is 5.14 Å². The molecular formula is C20H19N3O4S2. The van der Waals surface area contributed by atoms with Crippen LogP contribution in [0.15, 0.2) is 53.3 Å². The van der Waals surface area contributed by atoms with E-state index < -0.39 is 21.6 Å². The van der Waals surface area contributed by atoms with Crippen LogP contribution in [0.2, 0.25) is 0 Å². The van der Waals surface area contributed by atoms with Gasteiger partial charge in [0, 0.05) is 17.8 Å². The number of sulfonamides is 1. The van der Waals surface area contributed by atoms with Gasteiger partial charge in [0.25, 0.3) is 0 Å². The average molecular weight is 430 g/mol. The lowest BCUT2D eigenvalue weighted by Crippen LogP contribution is -2.26. The number of hydrogen-bond donors (Lipinski definition) is 2. The molecule has 2 aliphatic rings. The van der Waals surface area contributed by atoms with Crippen molar-refractivity contribution in [2.75, 3.05) is 16.8 Å². The van der Waals surface area contributed by atoms with Crippen LogP contribution >= 0.6 is 11.8 Å². The molecule has 3 N–H and O–H groups in total. The molecular weight excluding hydrogens is 410 g/mol. The maximum Gasteiger partial charge on any atom is 0.238 e. The molecule has 7 nitrogen and oxygen atoms in total. The molecule has 1 aliphatic carbocycles. The standard InChI is InChI=1S/C20H19N3O4S2/c21-29(26,27)18-3-1-2-14-19(18)17(24)10-15(20(14)25)23-16-11-22-7-4-13(16)12-5-8-28-9-6-12/h1-4,7,10-12,23H,5-6,8-9H2,(H2,21,26,27). The third-order valence-corrected chi connectivity index (χ3v) is 7.13. The van der Waals surface area contributed by atoms with Gasteiger partial charge in [-0.3, -0.25) is 14.6 Å². The van der Waals surface area contributed by atoms with Crippen LogP contribution in [0.3, 0.4) is 0 Å². The van der Waals surface area contributed by atoms with E-state index in [0.29, 0.717) is 11.6 Å². The van der Waals surface area contributed by atoms with Gasteiger partial charge in [-0.2, -0.15) is 11.8 Å². The predicted molar refractivity (Wildman–Crippen MR) is 112 cm³/mol. The van der Waals surface area contributed by atoms with Crippen molar-refractivity contribution in [3.05, 3.63) is 65.1 Å². The molecule has 0 spiro atoms. The first-order chi connectivity index (χ1) is 13.9. The zero-order chi connectivity index (χ0) is 20.6. The maximum absolute atomic E-state index is 13.0. The number of thioether (sulfide) groups is 1. The Kier molecular flexibility index (Phi) is 5.28. The second-order valence-corrected chi connectivity index (χ2v) is 9.70. The zero-order valence-electron chi connectivity index (χ0n) is 15.4. The lowest BCUT2D eigenvalue weighted by molar-refractivity contribution is 0.0983. The van der Waals surface area contributed by atoms with Crippen molar-refractivity contribution in [1.82, 2.24) is 4.98 Å². The van der Waals surface area contributed by atoms with Gasteiger partial charge in [-0.05, 0) is 48.0 Å². The number of aromatic nitrogens is 1. The first-order valence-corrected chi connectivity index (χ1v) is 11.8. The summed E-state index contributed by atoms with van der Waals surface area (Å²) in [5.41, 5.74) is 1.68.